The lowest BCUT2D eigenvalue weighted by Crippen LogP contribution is -2.55. The van der Waals surface area contributed by atoms with Crippen molar-refractivity contribution < 1.29 is 29.7 Å². The number of likely N-dealkylation sites (N-methyl/N-ethyl adjacent to an activating group) is 1. The summed E-state index contributed by atoms with van der Waals surface area (Å²) in [5, 5.41) is 33.0. The van der Waals surface area contributed by atoms with Crippen molar-refractivity contribution in [2.24, 2.45) is 11.5 Å². The monoisotopic (exact) mass is 364 g/mol. The van der Waals surface area contributed by atoms with Gasteiger partial charge in [-0.15, -0.1) is 0 Å². The maximum Gasteiger partial charge on any atom is 0.328 e. The summed E-state index contributed by atoms with van der Waals surface area (Å²) in [5.74, 6) is -2.05. The molecule has 0 fully saturated rings. The van der Waals surface area contributed by atoms with E-state index in [0.29, 0.717) is 0 Å². The number of nitrogens with zero attached hydrogens (tertiary/aromatic N) is 1. The molecule has 0 aromatic rings. The van der Waals surface area contributed by atoms with Gasteiger partial charge < -0.3 is 37.4 Å². The van der Waals surface area contributed by atoms with Gasteiger partial charge in [-0.1, -0.05) is 0 Å². The molecule has 25 heavy (non-hydrogen) atoms. The van der Waals surface area contributed by atoms with Crippen molar-refractivity contribution in [2.75, 3.05) is 26.7 Å². The summed E-state index contributed by atoms with van der Waals surface area (Å²) >= 11 is 0. The number of carboxylic acids is 1. The normalized spacial score (nSPS) is 15.9. The zero-order chi connectivity index (χ0) is 19.6. The van der Waals surface area contributed by atoms with Gasteiger partial charge in [0.05, 0.1) is 18.8 Å². The minimum Gasteiger partial charge on any atom is -0.480 e. The van der Waals surface area contributed by atoms with E-state index in [0.717, 1.165) is 0 Å². The molecule has 0 heterocycles. The summed E-state index contributed by atoms with van der Waals surface area (Å²) in [6.45, 7) is 1.19. The van der Waals surface area contributed by atoms with Gasteiger partial charge in [-0.25, -0.2) is 14.6 Å². The Kier molecular flexibility index (Phi) is 10.6. The third-order valence-electron chi connectivity index (χ3n) is 3.28. The number of hydrazine groups is 1. The molecule has 146 valence electrons. The fourth-order valence-electron chi connectivity index (χ4n) is 1.80. The van der Waals surface area contributed by atoms with Crippen LogP contribution in [0.3, 0.4) is 0 Å². The van der Waals surface area contributed by atoms with Gasteiger partial charge >= 0.3 is 12.0 Å². The van der Waals surface area contributed by atoms with Gasteiger partial charge in [-0.05, 0) is 6.92 Å². The Morgan fingerprint density at radius 1 is 1.24 bits per heavy atom. The molecule has 0 aliphatic rings. The lowest BCUT2D eigenvalue weighted by atomic mass is 10.2. The van der Waals surface area contributed by atoms with Crippen LogP contribution in [0.4, 0.5) is 4.79 Å². The fourth-order valence-corrected chi connectivity index (χ4v) is 1.80. The van der Waals surface area contributed by atoms with Gasteiger partial charge in [0.1, 0.15) is 0 Å². The average Bonchev–Trinajstić information content (AvgIpc) is 2.48. The number of rotatable bonds is 12. The predicted molar refractivity (Wildman–Crippen MR) is 88.1 cm³/mol. The van der Waals surface area contributed by atoms with Crippen LogP contribution in [-0.4, -0.2) is 89.2 Å². The Balaban J connectivity index is 4.60. The first-order valence-electron chi connectivity index (χ1n) is 7.64. The molecular formula is C13H28N6O6. The summed E-state index contributed by atoms with van der Waals surface area (Å²) < 4.78 is 0. The summed E-state index contributed by atoms with van der Waals surface area (Å²) in [7, 11) is 1.64. The first kappa shape index (κ1) is 23.0. The molecule has 0 saturated carbocycles. The zero-order valence-electron chi connectivity index (χ0n) is 14.3. The number of urea groups is 1. The number of nitrogens with one attached hydrogen (secondary N) is 3. The molecule has 0 bridgehead atoms. The minimum absolute atomic E-state index is 0.153. The molecule has 0 spiro atoms. The molecular weight excluding hydrogens is 336 g/mol. The van der Waals surface area contributed by atoms with E-state index in [4.69, 9.17) is 21.7 Å². The van der Waals surface area contributed by atoms with Crippen LogP contribution in [0.2, 0.25) is 0 Å². The lowest BCUT2D eigenvalue weighted by Gasteiger charge is -2.27. The van der Waals surface area contributed by atoms with Crippen molar-refractivity contribution in [1.82, 2.24) is 21.1 Å². The first-order valence-corrected chi connectivity index (χ1v) is 7.64. The van der Waals surface area contributed by atoms with Gasteiger partial charge in [-0.3, -0.25) is 10.2 Å². The molecule has 12 nitrogen and oxygen atoms in total. The second-order valence-electron chi connectivity index (χ2n) is 5.71. The third kappa shape index (κ3) is 10.5. The number of aliphatic hydroxyl groups excluding tert-OH is 2. The number of carbonyl (C=O) groups excluding carboxylic acids is 2. The van der Waals surface area contributed by atoms with Gasteiger partial charge in [0.2, 0.25) is 5.91 Å². The number of primary amides is 1. The predicted octanol–water partition coefficient (Wildman–Crippen LogP) is -3.88. The van der Waals surface area contributed by atoms with Crippen molar-refractivity contribution in [3.63, 3.8) is 0 Å². The Morgan fingerprint density at radius 2 is 1.84 bits per heavy atom. The highest BCUT2D eigenvalue weighted by atomic mass is 16.4. The molecule has 0 rings (SSSR count). The lowest BCUT2D eigenvalue weighted by molar-refractivity contribution is -0.140. The Hall–Kier alpha value is -1.99. The molecule has 3 amide bonds. The van der Waals surface area contributed by atoms with Crippen LogP contribution in [0.5, 0.6) is 0 Å². The van der Waals surface area contributed by atoms with Crippen LogP contribution < -0.4 is 27.5 Å². The number of aliphatic hydroxyl groups is 2. The maximum atomic E-state index is 11.8. The van der Waals surface area contributed by atoms with Crippen molar-refractivity contribution in [3.05, 3.63) is 0 Å². The molecule has 0 radical (unpaired) electrons. The van der Waals surface area contributed by atoms with Gasteiger partial charge in [0.15, 0.2) is 6.04 Å². The number of carbonyl (C=O) groups is 3. The maximum absolute atomic E-state index is 11.8. The van der Waals surface area contributed by atoms with Gasteiger partial charge in [0.25, 0.3) is 0 Å². The summed E-state index contributed by atoms with van der Waals surface area (Å²) in [6.07, 6.45) is -0.892. The van der Waals surface area contributed by atoms with Crippen LogP contribution in [0, 0.1) is 0 Å². The Morgan fingerprint density at radius 3 is 2.28 bits per heavy atom. The molecule has 0 aromatic carbocycles. The molecule has 0 aromatic heterocycles. The van der Waals surface area contributed by atoms with E-state index in [-0.39, 0.29) is 19.5 Å². The number of hydrogen-bond acceptors (Lipinski definition) is 8. The van der Waals surface area contributed by atoms with Gasteiger partial charge in [-0.2, -0.15) is 0 Å². The van der Waals surface area contributed by atoms with Crippen LogP contribution in [0.25, 0.3) is 0 Å². The second kappa shape index (κ2) is 11.5. The molecule has 10 N–H and O–H groups in total. The van der Waals surface area contributed by atoms with Crippen molar-refractivity contribution >= 4 is 17.9 Å². The fraction of sp³-hybridized carbons (Fsp3) is 0.769. The number of aliphatic carboxylic acids is 1. The Labute approximate surface area is 145 Å². The first-order chi connectivity index (χ1) is 11.6. The number of nitrogens with two attached hydrogens (primary N) is 2. The van der Waals surface area contributed by atoms with Crippen LogP contribution in [0.1, 0.15) is 13.3 Å². The van der Waals surface area contributed by atoms with E-state index in [1.807, 2.05) is 0 Å². The topological polar surface area (TPSA) is 203 Å². The number of carboxylic acid groups (broad SMARTS) is 1. The van der Waals surface area contributed by atoms with Gasteiger partial charge in [0, 0.05) is 32.6 Å². The molecule has 0 aliphatic carbocycles. The quantitative estimate of drug-likeness (QED) is 0.159. The van der Waals surface area contributed by atoms with Crippen molar-refractivity contribution in [2.45, 2.75) is 37.6 Å². The van der Waals surface area contributed by atoms with Crippen LogP contribution in [0.15, 0.2) is 0 Å². The molecule has 0 aliphatic heterocycles. The molecule has 1 unspecified atom stereocenters. The number of hydrogen-bond donors (Lipinski definition) is 8. The molecule has 12 heteroatoms. The summed E-state index contributed by atoms with van der Waals surface area (Å²) in [4.78, 5) is 33.7. The average molecular weight is 364 g/mol. The summed E-state index contributed by atoms with van der Waals surface area (Å²) in [5.41, 5.74) is 13.7. The largest absolute Gasteiger partial charge is 0.480 e. The summed E-state index contributed by atoms with van der Waals surface area (Å²) in [6, 6.07) is -3.55. The third-order valence-corrected chi connectivity index (χ3v) is 3.28. The van der Waals surface area contributed by atoms with E-state index >= 15 is 0 Å². The Bertz CT molecular complexity index is 449. The molecule has 4 atom stereocenters. The van der Waals surface area contributed by atoms with E-state index < -0.39 is 48.7 Å². The van der Waals surface area contributed by atoms with Crippen molar-refractivity contribution in [1.29, 1.82) is 0 Å². The van der Waals surface area contributed by atoms with E-state index in [9.17, 15) is 19.5 Å². The molecule has 0 saturated heterocycles. The number of amides is 3. The minimum atomic E-state index is -1.46. The van der Waals surface area contributed by atoms with E-state index in [1.54, 1.807) is 19.0 Å². The highest BCUT2D eigenvalue weighted by Gasteiger charge is 2.22. The van der Waals surface area contributed by atoms with E-state index in [1.165, 1.54) is 0 Å². The smallest absolute Gasteiger partial charge is 0.328 e. The van der Waals surface area contributed by atoms with Crippen LogP contribution >= 0.6 is 0 Å². The van der Waals surface area contributed by atoms with Crippen LogP contribution in [-0.2, 0) is 9.59 Å². The highest BCUT2D eigenvalue weighted by Crippen LogP contribution is 1.95. The van der Waals surface area contributed by atoms with Crippen molar-refractivity contribution in [3.8, 4) is 0 Å². The zero-order valence-corrected chi connectivity index (χ0v) is 14.3. The SMILES string of the molecule is CC(O)[C@@H](N)CNN(C)C[C@@H](CC(N)=O)NC(=O)N[C@H](CO)C(=O)O. The second-order valence-corrected chi connectivity index (χ2v) is 5.71. The highest BCUT2D eigenvalue weighted by molar-refractivity contribution is 5.83. The standard InChI is InChI=1S/C13H28N6O6/c1-7(21)9(14)4-16-19(2)5-8(3-11(15)22)17-13(25)18-10(6-20)12(23)24/h7-10,16,20-21H,3-6,14H2,1-2H3,(H2,15,22)(H,23,24)(H2,17,18,25)/t7?,8-,9+,10-/m1/s1. The van der Waals surface area contributed by atoms with E-state index in [2.05, 4.69) is 16.1 Å².